The Balaban J connectivity index is 2.00. The summed E-state index contributed by atoms with van der Waals surface area (Å²) in [6, 6.07) is 3.70. The van der Waals surface area contributed by atoms with Gasteiger partial charge in [-0.05, 0) is 66.0 Å². The van der Waals surface area contributed by atoms with Gasteiger partial charge in [-0.3, -0.25) is 4.79 Å². The Morgan fingerprint density at radius 1 is 1.61 bits per heavy atom. The molecule has 1 saturated heterocycles. The lowest BCUT2D eigenvalue weighted by Gasteiger charge is -2.11. The number of carbonyl (C=O) groups is 1. The van der Waals surface area contributed by atoms with Gasteiger partial charge in [-0.1, -0.05) is 11.6 Å². The molecule has 98 valence electrons. The molecule has 1 amide bonds. The van der Waals surface area contributed by atoms with E-state index in [9.17, 15) is 4.79 Å². The van der Waals surface area contributed by atoms with Crippen molar-refractivity contribution in [2.45, 2.75) is 19.8 Å². The van der Waals surface area contributed by atoms with E-state index < -0.39 is 0 Å². The van der Waals surface area contributed by atoms with Gasteiger partial charge in [0.1, 0.15) is 0 Å². The first-order chi connectivity index (χ1) is 8.56. The van der Waals surface area contributed by atoms with Crippen LogP contribution in [0, 0.1) is 12.8 Å². The van der Waals surface area contributed by atoms with E-state index in [0.717, 1.165) is 35.2 Å². The lowest BCUT2D eigenvalue weighted by Crippen LogP contribution is -2.18. The highest BCUT2D eigenvalue weighted by Gasteiger charge is 2.18. The maximum atomic E-state index is 11.9. The number of benzene rings is 1. The van der Waals surface area contributed by atoms with E-state index in [1.807, 2.05) is 13.0 Å². The highest BCUT2D eigenvalue weighted by Crippen LogP contribution is 2.29. The summed E-state index contributed by atoms with van der Waals surface area (Å²) in [7, 11) is 0. The molecule has 1 atom stereocenters. The third kappa shape index (κ3) is 3.46. The van der Waals surface area contributed by atoms with Crippen LogP contribution in [0.25, 0.3) is 0 Å². The summed E-state index contributed by atoms with van der Waals surface area (Å²) >= 11 is 9.49. The summed E-state index contributed by atoms with van der Waals surface area (Å²) in [6.07, 6.45) is 1.63. The van der Waals surface area contributed by atoms with Crippen LogP contribution in [-0.4, -0.2) is 19.0 Å². The van der Waals surface area contributed by atoms with Gasteiger partial charge in [-0.2, -0.15) is 0 Å². The lowest BCUT2D eigenvalue weighted by atomic mass is 10.0. The molecular formula is C13H16BrClN2O. The molecule has 0 saturated carbocycles. The minimum absolute atomic E-state index is 0.0457. The van der Waals surface area contributed by atoms with Crippen LogP contribution in [0.15, 0.2) is 16.6 Å². The fourth-order valence-corrected chi connectivity index (χ4v) is 2.81. The standard InChI is InChI=1S/C13H16BrClN2O/c1-8-4-10(14)12(6-11(8)15)17-13(18)5-9-2-3-16-7-9/h4,6,9,16H,2-3,5,7H2,1H3,(H,17,18). The fraction of sp³-hybridized carbons (Fsp3) is 0.462. The van der Waals surface area contributed by atoms with Crippen molar-refractivity contribution in [2.75, 3.05) is 18.4 Å². The molecule has 1 aromatic carbocycles. The minimum Gasteiger partial charge on any atom is -0.325 e. The lowest BCUT2D eigenvalue weighted by molar-refractivity contribution is -0.116. The predicted molar refractivity (Wildman–Crippen MR) is 78.1 cm³/mol. The molecule has 0 radical (unpaired) electrons. The van der Waals surface area contributed by atoms with Crippen molar-refractivity contribution in [1.29, 1.82) is 0 Å². The molecule has 1 aromatic rings. The maximum absolute atomic E-state index is 11.9. The normalized spacial score (nSPS) is 18.9. The van der Waals surface area contributed by atoms with Gasteiger partial charge in [0.05, 0.1) is 5.69 Å². The van der Waals surface area contributed by atoms with Crippen LogP contribution in [0.3, 0.4) is 0 Å². The van der Waals surface area contributed by atoms with Gasteiger partial charge in [0, 0.05) is 15.9 Å². The molecular weight excluding hydrogens is 316 g/mol. The molecule has 1 heterocycles. The number of nitrogens with one attached hydrogen (secondary N) is 2. The van der Waals surface area contributed by atoms with Gasteiger partial charge in [0.2, 0.25) is 5.91 Å². The van der Waals surface area contributed by atoms with Crippen molar-refractivity contribution < 1.29 is 4.79 Å². The second-order valence-corrected chi connectivity index (χ2v) is 5.95. The number of rotatable bonds is 3. The zero-order valence-electron chi connectivity index (χ0n) is 10.2. The quantitative estimate of drug-likeness (QED) is 0.892. The number of amides is 1. The summed E-state index contributed by atoms with van der Waals surface area (Å²) in [5.74, 6) is 0.494. The van der Waals surface area contributed by atoms with Crippen LogP contribution in [0.1, 0.15) is 18.4 Å². The van der Waals surface area contributed by atoms with Crippen molar-refractivity contribution >= 4 is 39.1 Å². The van der Waals surface area contributed by atoms with Crippen LogP contribution >= 0.6 is 27.5 Å². The van der Waals surface area contributed by atoms with E-state index in [0.29, 0.717) is 17.4 Å². The Hall–Kier alpha value is -0.580. The number of carbonyl (C=O) groups excluding carboxylic acids is 1. The largest absolute Gasteiger partial charge is 0.325 e. The van der Waals surface area contributed by atoms with Gasteiger partial charge < -0.3 is 10.6 Å². The number of hydrogen-bond donors (Lipinski definition) is 2. The van der Waals surface area contributed by atoms with E-state index in [-0.39, 0.29) is 5.91 Å². The van der Waals surface area contributed by atoms with E-state index in [4.69, 9.17) is 11.6 Å². The van der Waals surface area contributed by atoms with E-state index >= 15 is 0 Å². The Bertz CT molecular complexity index is 459. The molecule has 18 heavy (non-hydrogen) atoms. The van der Waals surface area contributed by atoms with Crippen LogP contribution in [-0.2, 0) is 4.79 Å². The number of hydrogen-bond acceptors (Lipinski definition) is 2. The zero-order chi connectivity index (χ0) is 13.1. The monoisotopic (exact) mass is 330 g/mol. The van der Waals surface area contributed by atoms with Crippen LogP contribution < -0.4 is 10.6 Å². The summed E-state index contributed by atoms with van der Waals surface area (Å²) in [4.78, 5) is 11.9. The average molecular weight is 332 g/mol. The van der Waals surface area contributed by atoms with Gasteiger partial charge in [-0.25, -0.2) is 0 Å². The molecule has 0 aromatic heterocycles. The average Bonchev–Trinajstić information content (AvgIpc) is 2.78. The smallest absolute Gasteiger partial charge is 0.224 e. The third-order valence-corrected chi connectivity index (χ3v) is 4.22. The summed E-state index contributed by atoms with van der Waals surface area (Å²) in [6.45, 7) is 3.88. The highest BCUT2D eigenvalue weighted by atomic mass is 79.9. The van der Waals surface area contributed by atoms with E-state index in [2.05, 4.69) is 26.6 Å². The van der Waals surface area contributed by atoms with Crippen molar-refractivity contribution in [3.63, 3.8) is 0 Å². The molecule has 1 aliphatic heterocycles. The molecule has 2 N–H and O–H groups in total. The Morgan fingerprint density at radius 3 is 3.06 bits per heavy atom. The second-order valence-electron chi connectivity index (χ2n) is 4.69. The van der Waals surface area contributed by atoms with Gasteiger partial charge in [-0.15, -0.1) is 0 Å². The molecule has 0 aliphatic carbocycles. The number of halogens is 2. The zero-order valence-corrected chi connectivity index (χ0v) is 12.6. The highest BCUT2D eigenvalue weighted by molar-refractivity contribution is 9.10. The van der Waals surface area contributed by atoms with Crippen molar-refractivity contribution in [1.82, 2.24) is 5.32 Å². The second kappa shape index (κ2) is 6.04. The molecule has 5 heteroatoms. The molecule has 1 fully saturated rings. The Kier molecular flexibility index (Phi) is 4.65. The Labute approximate surface area is 120 Å². The fourth-order valence-electron chi connectivity index (χ4n) is 2.09. The maximum Gasteiger partial charge on any atom is 0.224 e. The van der Waals surface area contributed by atoms with Gasteiger partial charge >= 0.3 is 0 Å². The predicted octanol–water partition coefficient (Wildman–Crippen LogP) is 3.35. The number of aryl methyl sites for hydroxylation is 1. The summed E-state index contributed by atoms with van der Waals surface area (Å²) in [5, 5.41) is 6.83. The van der Waals surface area contributed by atoms with Crippen LogP contribution in [0.5, 0.6) is 0 Å². The first kappa shape index (κ1) is 13.8. The van der Waals surface area contributed by atoms with Gasteiger partial charge in [0.25, 0.3) is 0 Å². The molecule has 0 spiro atoms. The van der Waals surface area contributed by atoms with Crippen LogP contribution in [0.4, 0.5) is 5.69 Å². The first-order valence-electron chi connectivity index (χ1n) is 6.02. The van der Waals surface area contributed by atoms with Gasteiger partial charge in [0.15, 0.2) is 0 Å². The molecule has 1 aliphatic rings. The Morgan fingerprint density at radius 2 is 2.39 bits per heavy atom. The summed E-state index contributed by atoms with van der Waals surface area (Å²) in [5.41, 5.74) is 1.73. The van der Waals surface area contributed by atoms with E-state index in [1.54, 1.807) is 6.07 Å². The minimum atomic E-state index is 0.0457. The third-order valence-electron chi connectivity index (χ3n) is 3.16. The topological polar surface area (TPSA) is 41.1 Å². The first-order valence-corrected chi connectivity index (χ1v) is 7.19. The molecule has 0 bridgehead atoms. The summed E-state index contributed by atoms with van der Waals surface area (Å²) < 4.78 is 0.863. The van der Waals surface area contributed by atoms with Crippen molar-refractivity contribution in [3.05, 3.63) is 27.2 Å². The van der Waals surface area contributed by atoms with Crippen molar-refractivity contribution in [3.8, 4) is 0 Å². The van der Waals surface area contributed by atoms with Crippen LogP contribution in [0.2, 0.25) is 5.02 Å². The molecule has 1 unspecified atom stereocenters. The SMILES string of the molecule is Cc1cc(Br)c(NC(=O)CC2CCNC2)cc1Cl. The molecule has 2 rings (SSSR count). The number of anilines is 1. The van der Waals surface area contributed by atoms with E-state index in [1.165, 1.54) is 0 Å². The molecule has 3 nitrogen and oxygen atoms in total. The van der Waals surface area contributed by atoms with Crippen molar-refractivity contribution in [2.24, 2.45) is 5.92 Å².